The summed E-state index contributed by atoms with van der Waals surface area (Å²) in [7, 11) is 0. The third kappa shape index (κ3) is 3.93. The van der Waals surface area contributed by atoms with Crippen LogP contribution in [-0.4, -0.2) is 17.5 Å². The minimum Gasteiger partial charge on any atom is -0.309 e. The molecule has 0 aliphatic rings. The third-order valence-corrected chi connectivity index (χ3v) is 5.49. The number of hydrogen-bond donors (Lipinski definition) is 1. The molecule has 19 heavy (non-hydrogen) atoms. The van der Waals surface area contributed by atoms with Crippen molar-refractivity contribution in [1.82, 2.24) is 5.32 Å². The number of rotatable bonds is 7. The summed E-state index contributed by atoms with van der Waals surface area (Å²) in [6.45, 7) is 6.98. The van der Waals surface area contributed by atoms with E-state index in [1.54, 1.807) is 12.1 Å². The molecule has 0 amide bonds. The van der Waals surface area contributed by atoms with Gasteiger partial charge in [0.2, 0.25) is 0 Å². The first-order valence-corrected chi connectivity index (χ1v) is 7.94. The molecule has 0 radical (unpaired) electrons. The van der Waals surface area contributed by atoms with Crippen molar-refractivity contribution in [2.75, 3.05) is 12.8 Å². The summed E-state index contributed by atoms with van der Waals surface area (Å²) in [6.07, 6.45) is 4.20. The van der Waals surface area contributed by atoms with Gasteiger partial charge in [-0.05, 0) is 32.1 Å². The Morgan fingerprint density at radius 1 is 1.26 bits per heavy atom. The van der Waals surface area contributed by atoms with Crippen LogP contribution in [-0.2, 0) is 0 Å². The number of thioether (sulfide) groups is 1. The van der Waals surface area contributed by atoms with E-state index in [0.717, 1.165) is 25.5 Å². The lowest BCUT2D eigenvalue weighted by Crippen LogP contribution is -2.38. The second-order valence-electron chi connectivity index (χ2n) is 4.84. The maximum atomic E-state index is 13.7. The van der Waals surface area contributed by atoms with Crippen molar-refractivity contribution in [2.24, 2.45) is 0 Å². The van der Waals surface area contributed by atoms with Crippen LogP contribution in [0.4, 0.5) is 8.78 Å². The zero-order chi connectivity index (χ0) is 14.5. The van der Waals surface area contributed by atoms with Crippen molar-refractivity contribution in [3.05, 3.63) is 35.4 Å². The number of halogens is 2. The second kappa shape index (κ2) is 7.25. The first-order valence-electron chi connectivity index (χ1n) is 6.72. The van der Waals surface area contributed by atoms with Gasteiger partial charge in [0.25, 0.3) is 0 Å². The van der Waals surface area contributed by atoms with Crippen LogP contribution >= 0.6 is 11.8 Å². The highest BCUT2D eigenvalue weighted by molar-refractivity contribution is 8.00. The molecule has 0 aromatic heterocycles. The lowest BCUT2D eigenvalue weighted by atomic mass is 10.0. The van der Waals surface area contributed by atoms with E-state index >= 15 is 0 Å². The molecule has 1 rings (SSSR count). The van der Waals surface area contributed by atoms with Gasteiger partial charge in [-0.1, -0.05) is 26.0 Å². The van der Waals surface area contributed by atoms with Gasteiger partial charge in [-0.15, -0.1) is 0 Å². The Labute approximate surface area is 119 Å². The maximum Gasteiger partial charge on any atom is 0.163 e. The average molecular weight is 287 g/mol. The molecular weight excluding hydrogens is 264 g/mol. The van der Waals surface area contributed by atoms with Crippen LogP contribution in [0.15, 0.2) is 18.2 Å². The Balaban J connectivity index is 2.75. The van der Waals surface area contributed by atoms with Crippen LogP contribution < -0.4 is 5.32 Å². The normalized spacial score (nSPS) is 13.6. The van der Waals surface area contributed by atoms with E-state index in [-0.39, 0.29) is 10.8 Å². The lowest BCUT2D eigenvalue weighted by Gasteiger charge is -2.31. The highest BCUT2D eigenvalue weighted by atomic mass is 32.2. The van der Waals surface area contributed by atoms with Crippen LogP contribution in [0.25, 0.3) is 0 Å². The molecule has 0 saturated heterocycles. The van der Waals surface area contributed by atoms with Gasteiger partial charge < -0.3 is 5.32 Å². The Kier molecular flexibility index (Phi) is 6.27. The Hall–Kier alpha value is -0.610. The topological polar surface area (TPSA) is 12.0 Å². The van der Waals surface area contributed by atoms with E-state index in [4.69, 9.17) is 0 Å². The standard InChI is InChI=1S/C15H23F2NS/c1-5-15(6-2,19-4)10-18-11(3)12-8-7-9-13(16)14(12)17/h7-9,11,18H,5-6,10H2,1-4H3. The molecule has 1 N–H and O–H groups in total. The van der Waals surface area contributed by atoms with Crippen LogP contribution in [0.2, 0.25) is 0 Å². The van der Waals surface area contributed by atoms with Gasteiger partial charge in [0.05, 0.1) is 0 Å². The molecular formula is C15H23F2NS. The fourth-order valence-electron chi connectivity index (χ4n) is 2.16. The van der Waals surface area contributed by atoms with E-state index in [1.165, 1.54) is 0 Å². The van der Waals surface area contributed by atoms with Gasteiger partial charge in [0.15, 0.2) is 11.6 Å². The van der Waals surface area contributed by atoms with Crippen LogP contribution in [0.5, 0.6) is 0 Å². The molecule has 1 atom stereocenters. The van der Waals surface area contributed by atoms with E-state index in [1.807, 2.05) is 18.7 Å². The fourth-order valence-corrected chi connectivity index (χ4v) is 2.97. The Bertz CT molecular complexity index is 397. The molecule has 0 saturated carbocycles. The van der Waals surface area contributed by atoms with Crippen molar-refractivity contribution in [2.45, 2.75) is 44.4 Å². The molecule has 108 valence electrons. The molecule has 1 aromatic carbocycles. The van der Waals surface area contributed by atoms with Crippen molar-refractivity contribution in [3.8, 4) is 0 Å². The molecule has 0 aliphatic carbocycles. The summed E-state index contributed by atoms with van der Waals surface area (Å²) in [6, 6.07) is 4.14. The molecule has 0 aliphatic heterocycles. The van der Waals surface area contributed by atoms with Crippen LogP contribution in [0.1, 0.15) is 45.2 Å². The van der Waals surface area contributed by atoms with Gasteiger partial charge in [0.1, 0.15) is 0 Å². The highest BCUT2D eigenvalue weighted by Crippen LogP contribution is 2.30. The van der Waals surface area contributed by atoms with Crippen LogP contribution in [0, 0.1) is 11.6 Å². The van der Waals surface area contributed by atoms with Crippen molar-refractivity contribution in [3.63, 3.8) is 0 Å². The zero-order valence-corrected chi connectivity index (χ0v) is 12.9. The van der Waals surface area contributed by atoms with Gasteiger partial charge in [-0.25, -0.2) is 8.78 Å². The molecule has 0 fully saturated rings. The number of hydrogen-bond acceptors (Lipinski definition) is 2. The summed E-state index contributed by atoms with van der Waals surface area (Å²) < 4.78 is 27.1. The summed E-state index contributed by atoms with van der Waals surface area (Å²) in [5, 5.41) is 3.33. The van der Waals surface area contributed by atoms with Gasteiger partial charge >= 0.3 is 0 Å². The summed E-state index contributed by atoms with van der Waals surface area (Å²) in [5.74, 6) is -1.53. The van der Waals surface area contributed by atoms with E-state index in [2.05, 4.69) is 25.4 Å². The van der Waals surface area contributed by atoms with E-state index < -0.39 is 11.6 Å². The molecule has 0 bridgehead atoms. The predicted octanol–water partition coefficient (Wildman–Crippen LogP) is 4.54. The fraction of sp³-hybridized carbons (Fsp3) is 0.600. The minimum atomic E-state index is -0.784. The molecule has 0 spiro atoms. The monoisotopic (exact) mass is 287 g/mol. The first-order chi connectivity index (χ1) is 8.99. The SMILES string of the molecule is CCC(CC)(CNC(C)c1cccc(F)c1F)SC. The highest BCUT2D eigenvalue weighted by Gasteiger charge is 2.25. The first kappa shape index (κ1) is 16.4. The molecule has 1 unspecified atom stereocenters. The molecule has 4 heteroatoms. The van der Waals surface area contributed by atoms with Crippen LogP contribution in [0.3, 0.4) is 0 Å². The number of benzene rings is 1. The molecule has 0 heterocycles. The summed E-state index contributed by atoms with van der Waals surface area (Å²) >= 11 is 1.83. The largest absolute Gasteiger partial charge is 0.309 e. The van der Waals surface area contributed by atoms with Gasteiger partial charge in [0, 0.05) is 22.9 Å². The predicted molar refractivity (Wildman–Crippen MR) is 79.6 cm³/mol. The molecule has 1 aromatic rings. The Morgan fingerprint density at radius 2 is 1.89 bits per heavy atom. The average Bonchev–Trinajstić information content (AvgIpc) is 2.44. The summed E-state index contributed by atoms with van der Waals surface area (Å²) in [5.41, 5.74) is 0.391. The van der Waals surface area contributed by atoms with Gasteiger partial charge in [-0.2, -0.15) is 11.8 Å². The summed E-state index contributed by atoms with van der Waals surface area (Å²) in [4.78, 5) is 0. The minimum absolute atomic E-state index is 0.165. The van der Waals surface area contributed by atoms with E-state index in [0.29, 0.717) is 5.56 Å². The van der Waals surface area contributed by atoms with Crippen molar-refractivity contribution in [1.29, 1.82) is 0 Å². The third-order valence-electron chi connectivity index (χ3n) is 3.90. The number of nitrogens with one attached hydrogen (secondary N) is 1. The smallest absolute Gasteiger partial charge is 0.163 e. The Morgan fingerprint density at radius 3 is 2.42 bits per heavy atom. The maximum absolute atomic E-state index is 13.7. The second-order valence-corrected chi connectivity index (χ2v) is 6.11. The molecule has 1 nitrogen and oxygen atoms in total. The zero-order valence-electron chi connectivity index (χ0n) is 12.1. The van der Waals surface area contributed by atoms with E-state index in [9.17, 15) is 8.78 Å². The lowest BCUT2D eigenvalue weighted by molar-refractivity contribution is 0.437. The van der Waals surface area contributed by atoms with Gasteiger partial charge in [-0.3, -0.25) is 0 Å². The van der Waals surface area contributed by atoms with Crippen molar-refractivity contribution < 1.29 is 8.78 Å². The van der Waals surface area contributed by atoms with Crippen molar-refractivity contribution >= 4 is 11.8 Å². The quantitative estimate of drug-likeness (QED) is 0.790.